The standard InChI is InChI=1S/C15H24Si2/c1-7-16(8-2,9-3)14-13-15-17(10-4,11-5)12-6/h7-12H,1-6,13-15H2. The molecule has 0 aromatic heterocycles. The highest BCUT2D eigenvalue weighted by Crippen LogP contribution is 2.23. The Bertz CT molecular complexity index is 250. The molecule has 0 bridgehead atoms. The summed E-state index contributed by atoms with van der Waals surface area (Å²) in [5.74, 6) is 0. The lowest BCUT2D eigenvalue weighted by Crippen LogP contribution is -2.30. The molecule has 17 heavy (non-hydrogen) atoms. The summed E-state index contributed by atoms with van der Waals surface area (Å²) in [7, 11) is -3.29. The van der Waals surface area contributed by atoms with Gasteiger partial charge in [0, 0.05) is 0 Å². The molecule has 0 radical (unpaired) electrons. The average molecular weight is 261 g/mol. The van der Waals surface area contributed by atoms with Crippen molar-refractivity contribution in [2.45, 2.75) is 18.5 Å². The molecule has 0 saturated carbocycles. The first-order valence-corrected chi connectivity index (χ1v) is 10.8. The van der Waals surface area contributed by atoms with Gasteiger partial charge in [-0.2, -0.15) is 0 Å². The van der Waals surface area contributed by atoms with Crippen LogP contribution in [0.25, 0.3) is 0 Å². The van der Waals surface area contributed by atoms with E-state index in [0.29, 0.717) is 0 Å². The minimum Gasteiger partial charge on any atom is -0.106 e. The smallest absolute Gasteiger partial charge is 0.106 e. The van der Waals surface area contributed by atoms with E-state index in [1.54, 1.807) is 0 Å². The second kappa shape index (κ2) is 7.25. The number of hydrogen-bond donors (Lipinski definition) is 0. The predicted octanol–water partition coefficient (Wildman–Crippen LogP) is 4.63. The molecule has 0 aromatic carbocycles. The minimum atomic E-state index is -1.64. The van der Waals surface area contributed by atoms with Gasteiger partial charge >= 0.3 is 0 Å². The molecule has 0 aliphatic carbocycles. The van der Waals surface area contributed by atoms with Crippen LogP contribution in [0.3, 0.4) is 0 Å². The van der Waals surface area contributed by atoms with Crippen LogP contribution in [0, 0.1) is 0 Å². The Morgan fingerprint density at radius 3 is 0.941 bits per heavy atom. The van der Waals surface area contributed by atoms with Gasteiger partial charge in [0.15, 0.2) is 0 Å². The number of rotatable bonds is 10. The van der Waals surface area contributed by atoms with Crippen LogP contribution in [0.1, 0.15) is 6.42 Å². The molecule has 0 aromatic rings. The third-order valence-electron chi connectivity index (χ3n) is 3.50. The highest BCUT2D eigenvalue weighted by atomic mass is 28.3. The fourth-order valence-electron chi connectivity index (χ4n) is 1.81. The maximum absolute atomic E-state index is 3.92. The second-order valence-corrected chi connectivity index (χ2v) is 12.2. The van der Waals surface area contributed by atoms with E-state index in [4.69, 9.17) is 0 Å². The molecular formula is C15H24Si2. The Morgan fingerprint density at radius 2 is 0.765 bits per heavy atom. The Morgan fingerprint density at radius 1 is 0.529 bits per heavy atom. The Balaban J connectivity index is 4.58. The molecule has 2 heteroatoms. The van der Waals surface area contributed by atoms with Crippen molar-refractivity contribution < 1.29 is 0 Å². The van der Waals surface area contributed by atoms with Crippen molar-refractivity contribution in [2.75, 3.05) is 0 Å². The van der Waals surface area contributed by atoms with E-state index < -0.39 is 16.1 Å². The maximum atomic E-state index is 3.92. The van der Waals surface area contributed by atoms with Gasteiger partial charge in [-0.25, -0.2) is 0 Å². The van der Waals surface area contributed by atoms with Crippen LogP contribution < -0.4 is 0 Å². The van der Waals surface area contributed by atoms with Gasteiger partial charge in [-0.1, -0.05) is 40.6 Å². The van der Waals surface area contributed by atoms with Crippen LogP contribution in [0.4, 0.5) is 0 Å². The van der Waals surface area contributed by atoms with E-state index in [9.17, 15) is 0 Å². The van der Waals surface area contributed by atoms with Crippen molar-refractivity contribution >= 4 is 16.1 Å². The lowest BCUT2D eigenvalue weighted by molar-refractivity contribution is 1.04. The molecular weight excluding hydrogens is 236 g/mol. The first-order valence-electron chi connectivity index (χ1n) is 5.89. The quantitative estimate of drug-likeness (QED) is 0.503. The van der Waals surface area contributed by atoms with Gasteiger partial charge < -0.3 is 0 Å². The molecule has 0 atom stereocenters. The molecule has 0 rings (SSSR count). The molecule has 92 valence electrons. The molecule has 0 fully saturated rings. The second-order valence-electron chi connectivity index (χ2n) is 4.30. The van der Waals surface area contributed by atoms with E-state index in [-0.39, 0.29) is 0 Å². The summed E-state index contributed by atoms with van der Waals surface area (Å²) in [4.78, 5) is 0. The van der Waals surface area contributed by atoms with E-state index in [2.05, 4.69) is 39.5 Å². The van der Waals surface area contributed by atoms with Crippen LogP contribution in [-0.4, -0.2) is 16.1 Å². The molecule has 0 aliphatic rings. The third-order valence-corrected chi connectivity index (χ3v) is 10.5. The van der Waals surface area contributed by atoms with Crippen LogP contribution in [0.5, 0.6) is 0 Å². The van der Waals surface area contributed by atoms with Gasteiger partial charge in [-0.05, 0) is 12.1 Å². The normalized spacial score (nSPS) is 11.3. The largest absolute Gasteiger partial charge is 0.124 e. The van der Waals surface area contributed by atoms with Crippen LogP contribution >= 0.6 is 0 Å². The van der Waals surface area contributed by atoms with Crippen molar-refractivity contribution in [2.24, 2.45) is 0 Å². The van der Waals surface area contributed by atoms with Gasteiger partial charge in [0.1, 0.15) is 16.1 Å². The summed E-state index contributed by atoms with van der Waals surface area (Å²) in [5.41, 5.74) is 12.3. The Kier molecular flexibility index (Phi) is 6.77. The third kappa shape index (κ3) is 3.98. The molecule has 0 heterocycles. The molecule has 0 amide bonds. The topological polar surface area (TPSA) is 0 Å². The van der Waals surface area contributed by atoms with Gasteiger partial charge in [0.25, 0.3) is 0 Å². The highest BCUT2D eigenvalue weighted by Gasteiger charge is 2.25. The first-order chi connectivity index (χ1) is 8.07. The minimum absolute atomic E-state index is 1.12. The summed E-state index contributed by atoms with van der Waals surface area (Å²) in [6.45, 7) is 23.5. The first kappa shape index (κ1) is 15.9. The van der Waals surface area contributed by atoms with Crippen LogP contribution in [0.15, 0.2) is 73.7 Å². The lowest BCUT2D eigenvalue weighted by Gasteiger charge is -2.23. The summed E-state index contributed by atoms with van der Waals surface area (Å²) >= 11 is 0. The monoisotopic (exact) mass is 260 g/mol. The van der Waals surface area contributed by atoms with Crippen LogP contribution in [-0.2, 0) is 0 Å². The zero-order valence-corrected chi connectivity index (χ0v) is 12.8. The van der Waals surface area contributed by atoms with Gasteiger partial charge in [0.05, 0.1) is 0 Å². The SMILES string of the molecule is C=C[Si](C=C)(C=C)CCC[Si](C=C)(C=C)C=C. The molecule has 0 nitrogen and oxygen atoms in total. The molecule has 0 unspecified atom stereocenters. The van der Waals surface area contributed by atoms with Crippen LogP contribution in [0.2, 0.25) is 12.1 Å². The van der Waals surface area contributed by atoms with Crippen molar-refractivity contribution in [3.63, 3.8) is 0 Å². The summed E-state index contributed by atoms with van der Waals surface area (Å²) in [6.07, 6.45) is 1.13. The zero-order chi connectivity index (χ0) is 13.4. The molecule has 0 N–H and O–H groups in total. The van der Waals surface area contributed by atoms with Crippen molar-refractivity contribution in [3.8, 4) is 0 Å². The lowest BCUT2D eigenvalue weighted by atomic mass is 10.6. The number of hydrogen-bond acceptors (Lipinski definition) is 0. The molecule has 0 saturated heterocycles. The Labute approximate surface area is 108 Å². The molecule has 0 spiro atoms. The maximum Gasteiger partial charge on any atom is 0.124 e. The Hall–Kier alpha value is -1.13. The van der Waals surface area contributed by atoms with Gasteiger partial charge in [-0.3, -0.25) is 0 Å². The van der Waals surface area contributed by atoms with Crippen molar-refractivity contribution in [1.82, 2.24) is 0 Å². The summed E-state index contributed by atoms with van der Waals surface area (Å²) in [5, 5.41) is 0. The summed E-state index contributed by atoms with van der Waals surface area (Å²) in [6, 6.07) is 2.24. The van der Waals surface area contributed by atoms with Gasteiger partial charge in [0.2, 0.25) is 0 Å². The van der Waals surface area contributed by atoms with E-state index in [1.807, 2.05) is 34.2 Å². The predicted molar refractivity (Wildman–Crippen MR) is 86.9 cm³/mol. The fraction of sp³-hybridized carbons (Fsp3) is 0.200. The zero-order valence-electron chi connectivity index (χ0n) is 10.8. The van der Waals surface area contributed by atoms with E-state index in [0.717, 1.165) is 18.5 Å². The fourth-order valence-corrected chi connectivity index (χ4v) is 5.97. The van der Waals surface area contributed by atoms with E-state index >= 15 is 0 Å². The van der Waals surface area contributed by atoms with Crippen molar-refractivity contribution in [1.29, 1.82) is 0 Å². The average Bonchev–Trinajstić information content (AvgIpc) is 2.41. The highest BCUT2D eigenvalue weighted by molar-refractivity contribution is 6.94. The van der Waals surface area contributed by atoms with Gasteiger partial charge in [-0.15, -0.1) is 39.5 Å². The van der Waals surface area contributed by atoms with E-state index in [1.165, 1.54) is 0 Å². The summed E-state index contributed by atoms with van der Waals surface area (Å²) < 4.78 is 0. The van der Waals surface area contributed by atoms with Crippen molar-refractivity contribution in [3.05, 3.63) is 73.7 Å². The molecule has 0 aliphatic heterocycles.